The highest BCUT2D eigenvalue weighted by Crippen LogP contribution is 2.15. The zero-order valence-corrected chi connectivity index (χ0v) is 15.6. The first-order chi connectivity index (χ1) is 13.0. The third-order valence-electron chi connectivity index (χ3n) is 4.50. The molecule has 0 saturated heterocycles. The lowest BCUT2D eigenvalue weighted by atomic mass is 10.1. The average Bonchev–Trinajstić information content (AvgIpc) is 2.67. The van der Waals surface area contributed by atoms with Gasteiger partial charge in [-0.25, -0.2) is 4.68 Å². The summed E-state index contributed by atoms with van der Waals surface area (Å²) in [5.74, 6) is -0.0643. The van der Waals surface area contributed by atoms with Gasteiger partial charge in [0.2, 0.25) is 5.91 Å². The van der Waals surface area contributed by atoms with Gasteiger partial charge in [-0.1, -0.05) is 36.4 Å². The van der Waals surface area contributed by atoms with Crippen molar-refractivity contribution in [1.29, 1.82) is 0 Å². The third-order valence-corrected chi connectivity index (χ3v) is 4.50. The largest absolute Gasteiger partial charge is 0.326 e. The molecule has 0 fully saturated rings. The van der Waals surface area contributed by atoms with Crippen molar-refractivity contribution >= 4 is 11.6 Å². The number of carbonyl (C=O) groups is 1. The zero-order valence-electron chi connectivity index (χ0n) is 15.6. The highest BCUT2D eigenvalue weighted by Gasteiger charge is 2.06. The van der Waals surface area contributed by atoms with Gasteiger partial charge in [0.15, 0.2) is 0 Å². The Morgan fingerprint density at radius 1 is 1.00 bits per heavy atom. The van der Waals surface area contributed by atoms with Crippen LogP contribution in [-0.2, 0) is 11.3 Å². The number of anilines is 1. The Bertz CT molecular complexity index is 994. The van der Waals surface area contributed by atoms with E-state index in [1.54, 1.807) is 6.07 Å². The minimum atomic E-state index is -0.163. The fraction of sp³-hybridized carbons (Fsp3) is 0.227. The maximum Gasteiger partial charge on any atom is 0.266 e. The second-order valence-electron chi connectivity index (χ2n) is 6.60. The van der Waals surface area contributed by atoms with Crippen LogP contribution in [0.1, 0.15) is 24.0 Å². The van der Waals surface area contributed by atoms with Crippen LogP contribution in [0.2, 0.25) is 0 Å². The topological polar surface area (TPSA) is 64.0 Å². The number of nitrogens with one attached hydrogen (secondary N) is 1. The second-order valence-corrected chi connectivity index (χ2v) is 6.60. The van der Waals surface area contributed by atoms with Crippen molar-refractivity contribution in [3.8, 4) is 11.3 Å². The van der Waals surface area contributed by atoms with E-state index in [-0.39, 0.29) is 11.5 Å². The summed E-state index contributed by atoms with van der Waals surface area (Å²) in [6.45, 7) is 4.46. The van der Waals surface area contributed by atoms with E-state index < -0.39 is 0 Å². The minimum Gasteiger partial charge on any atom is -0.326 e. The molecule has 0 atom stereocenters. The summed E-state index contributed by atoms with van der Waals surface area (Å²) in [4.78, 5) is 24.2. The predicted molar refractivity (Wildman–Crippen MR) is 108 cm³/mol. The van der Waals surface area contributed by atoms with Gasteiger partial charge >= 0.3 is 0 Å². The molecule has 1 aromatic heterocycles. The SMILES string of the molecule is Cc1ccc(NC(=O)CCCn2nc(-c3ccccc3)ccc2=O)cc1C. The first-order valence-corrected chi connectivity index (χ1v) is 9.03. The van der Waals surface area contributed by atoms with Crippen LogP contribution in [0.3, 0.4) is 0 Å². The first-order valence-electron chi connectivity index (χ1n) is 9.03. The fourth-order valence-electron chi connectivity index (χ4n) is 2.80. The van der Waals surface area contributed by atoms with E-state index >= 15 is 0 Å². The molecule has 1 heterocycles. The van der Waals surface area contributed by atoms with Crippen molar-refractivity contribution < 1.29 is 4.79 Å². The van der Waals surface area contributed by atoms with Gasteiger partial charge in [0.05, 0.1) is 5.69 Å². The lowest BCUT2D eigenvalue weighted by molar-refractivity contribution is -0.116. The lowest BCUT2D eigenvalue weighted by Crippen LogP contribution is -2.23. The number of rotatable bonds is 6. The van der Waals surface area contributed by atoms with Gasteiger partial charge in [-0.3, -0.25) is 9.59 Å². The molecule has 0 aliphatic rings. The van der Waals surface area contributed by atoms with E-state index in [4.69, 9.17) is 0 Å². The predicted octanol–water partition coefficient (Wildman–Crippen LogP) is 3.95. The molecule has 0 spiro atoms. The molecular weight excluding hydrogens is 338 g/mol. The quantitative estimate of drug-likeness (QED) is 0.723. The molecular formula is C22H23N3O2. The van der Waals surface area contributed by atoms with Crippen LogP contribution in [-0.4, -0.2) is 15.7 Å². The number of nitrogens with zero attached hydrogens (tertiary/aromatic N) is 2. The van der Waals surface area contributed by atoms with Crippen LogP contribution >= 0.6 is 0 Å². The number of benzene rings is 2. The van der Waals surface area contributed by atoms with E-state index in [9.17, 15) is 9.59 Å². The number of hydrogen-bond acceptors (Lipinski definition) is 3. The zero-order chi connectivity index (χ0) is 19.2. The van der Waals surface area contributed by atoms with Gasteiger partial charge < -0.3 is 5.32 Å². The normalized spacial score (nSPS) is 10.6. The summed E-state index contributed by atoms with van der Waals surface area (Å²) >= 11 is 0. The fourth-order valence-corrected chi connectivity index (χ4v) is 2.80. The van der Waals surface area contributed by atoms with E-state index in [1.807, 2.05) is 62.4 Å². The van der Waals surface area contributed by atoms with Crippen molar-refractivity contribution in [2.75, 3.05) is 5.32 Å². The summed E-state index contributed by atoms with van der Waals surface area (Å²) < 4.78 is 1.42. The van der Waals surface area contributed by atoms with E-state index in [1.165, 1.54) is 16.3 Å². The van der Waals surface area contributed by atoms with E-state index in [0.717, 1.165) is 22.5 Å². The molecule has 0 unspecified atom stereocenters. The standard InChI is InChI=1S/C22H23N3O2/c1-16-10-11-19(15-17(16)2)23-21(26)9-6-14-25-22(27)13-12-20(24-25)18-7-4-3-5-8-18/h3-5,7-8,10-13,15H,6,9,14H2,1-2H3,(H,23,26). The maximum atomic E-state index is 12.2. The molecule has 5 nitrogen and oxygen atoms in total. The third kappa shape index (κ3) is 4.91. The number of aromatic nitrogens is 2. The van der Waals surface area contributed by atoms with Crippen molar-refractivity contribution in [3.05, 3.63) is 82.1 Å². The summed E-state index contributed by atoms with van der Waals surface area (Å²) in [6, 6.07) is 18.8. The Hall–Kier alpha value is -3.21. The maximum absolute atomic E-state index is 12.2. The van der Waals surface area contributed by atoms with E-state index in [0.29, 0.717) is 19.4 Å². The van der Waals surface area contributed by atoms with Crippen molar-refractivity contribution in [2.24, 2.45) is 0 Å². The molecule has 3 aromatic rings. The highest BCUT2D eigenvalue weighted by molar-refractivity contribution is 5.90. The molecule has 0 saturated carbocycles. The smallest absolute Gasteiger partial charge is 0.266 e. The molecule has 0 bridgehead atoms. The number of hydrogen-bond donors (Lipinski definition) is 1. The van der Waals surface area contributed by atoms with Crippen molar-refractivity contribution in [1.82, 2.24) is 9.78 Å². The van der Waals surface area contributed by atoms with Crippen molar-refractivity contribution in [2.45, 2.75) is 33.2 Å². The van der Waals surface area contributed by atoms with Crippen LogP contribution in [0.5, 0.6) is 0 Å². The monoisotopic (exact) mass is 361 g/mol. The summed E-state index contributed by atoms with van der Waals surface area (Å²) in [5.41, 5.74) is 4.67. The molecule has 1 amide bonds. The Kier molecular flexibility index (Phi) is 5.81. The summed E-state index contributed by atoms with van der Waals surface area (Å²) in [5, 5.41) is 7.32. The molecule has 0 radical (unpaired) electrons. The van der Waals surface area contributed by atoms with Crippen LogP contribution < -0.4 is 10.9 Å². The van der Waals surface area contributed by atoms with Crippen molar-refractivity contribution in [3.63, 3.8) is 0 Å². The molecule has 1 N–H and O–H groups in total. The highest BCUT2D eigenvalue weighted by atomic mass is 16.1. The molecule has 3 rings (SSSR count). The molecule has 2 aromatic carbocycles. The number of carbonyl (C=O) groups excluding carboxylic acids is 1. The van der Waals surface area contributed by atoms with Gasteiger partial charge in [-0.05, 0) is 49.6 Å². The number of aryl methyl sites for hydroxylation is 3. The average molecular weight is 361 g/mol. The Labute approximate surface area is 158 Å². The number of amides is 1. The molecule has 0 aliphatic carbocycles. The van der Waals surface area contributed by atoms with E-state index in [2.05, 4.69) is 10.4 Å². The minimum absolute atomic E-state index is 0.0643. The van der Waals surface area contributed by atoms with Gasteiger partial charge in [0, 0.05) is 30.3 Å². The summed E-state index contributed by atoms with van der Waals surface area (Å²) in [6.07, 6.45) is 0.873. The lowest BCUT2D eigenvalue weighted by Gasteiger charge is -2.09. The molecule has 27 heavy (non-hydrogen) atoms. The molecule has 5 heteroatoms. The Balaban J connectivity index is 1.59. The van der Waals surface area contributed by atoms with Crippen LogP contribution in [0, 0.1) is 13.8 Å². The molecule has 0 aliphatic heterocycles. The van der Waals surface area contributed by atoms with Crippen LogP contribution in [0.25, 0.3) is 11.3 Å². The van der Waals surface area contributed by atoms with Crippen LogP contribution in [0.4, 0.5) is 5.69 Å². The van der Waals surface area contributed by atoms with Crippen LogP contribution in [0.15, 0.2) is 65.5 Å². The first kappa shape index (κ1) is 18.6. The van der Waals surface area contributed by atoms with Gasteiger partial charge in [-0.15, -0.1) is 0 Å². The Morgan fingerprint density at radius 2 is 1.78 bits per heavy atom. The van der Waals surface area contributed by atoms with Gasteiger partial charge in [0.1, 0.15) is 0 Å². The second kappa shape index (κ2) is 8.45. The molecule has 138 valence electrons. The summed E-state index contributed by atoms with van der Waals surface area (Å²) in [7, 11) is 0. The van der Waals surface area contributed by atoms with Gasteiger partial charge in [-0.2, -0.15) is 5.10 Å². The Morgan fingerprint density at radius 3 is 2.52 bits per heavy atom. The van der Waals surface area contributed by atoms with Gasteiger partial charge in [0.25, 0.3) is 5.56 Å².